The fourth-order valence-electron chi connectivity index (χ4n) is 3.28. The smallest absolute Gasteiger partial charge is 0.236 e. The number of aromatic nitrogens is 1. The summed E-state index contributed by atoms with van der Waals surface area (Å²) in [5.74, 6) is 0.315. The Hall–Kier alpha value is -0.980. The van der Waals surface area contributed by atoms with Crippen LogP contribution in [0.25, 0.3) is 0 Å². The molecule has 0 aromatic carbocycles. The van der Waals surface area contributed by atoms with E-state index >= 15 is 0 Å². The first-order valence-corrected chi connectivity index (χ1v) is 9.97. The third-order valence-corrected chi connectivity index (χ3v) is 5.80. The number of carbonyl (C=O) groups excluding carboxylic acids is 1. The van der Waals surface area contributed by atoms with Crippen molar-refractivity contribution in [3.05, 3.63) is 16.1 Å². The number of thiazole rings is 1. The second kappa shape index (κ2) is 7.50. The van der Waals surface area contributed by atoms with Gasteiger partial charge in [-0.1, -0.05) is 20.8 Å². The lowest BCUT2D eigenvalue weighted by Gasteiger charge is -2.34. The molecule has 0 N–H and O–H groups in total. The van der Waals surface area contributed by atoms with Crippen LogP contribution in [0.15, 0.2) is 5.38 Å². The second-order valence-electron chi connectivity index (χ2n) is 8.02. The van der Waals surface area contributed by atoms with Gasteiger partial charge in [-0.2, -0.15) is 0 Å². The summed E-state index contributed by atoms with van der Waals surface area (Å²) in [4.78, 5) is 23.8. The lowest BCUT2D eigenvalue weighted by molar-refractivity contribution is -0.131. The highest BCUT2D eigenvalue weighted by atomic mass is 32.1. The Morgan fingerprint density at radius 1 is 1.08 bits per heavy atom. The number of hydrogen-bond acceptors (Lipinski definition) is 5. The minimum atomic E-state index is 0.128. The van der Waals surface area contributed by atoms with Gasteiger partial charge >= 0.3 is 0 Å². The van der Waals surface area contributed by atoms with Crippen molar-refractivity contribution in [2.45, 2.75) is 45.6 Å². The number of hydrogen-bond donors (Lipinski definition) is 0. The molecule has 0 radical (unpaired) electrons. The molecule has 1 amide bonds. The van der Waals surface area contributed by atoms with Gasteiger partial charge in [0.05, 0.1) is 18.8 Å². The van der Waals surface area contributed by atoms with Gasteiger partial charge in [0, 0.05) is 50.1 Å². The maximum atomic E-state index is 12.2. The summed E-state index contributed by atoms with van der Waals surface area (Å²) in [7, 11) is 0. The van der Waals surface area contributed by atoms with E-state index in [-0.39, 0.29) is 5.41 Å². The van der Waals surface area contributed by atoms with Crippen LogP contribution in [0, 0.1) is 0 Å². The van der Waals surface area contributed by atoms with Gasteiger partial charge in [-0.05, 0) is 12.8 Å². The molecular weight excluding hydrogens is 320 g/mol. The van der Waals surface area contributed by atoms with Gasteiger partial charge in [-0.15, -0.1) is 11.3 Å². The van der Waals surface area contributed by atoms with Crippen LogP contribution in [0.2, 0.25) is 0 Å². The van der Waals surface area contributed by atoms with Crippen LogP contribution in [0.1, 0.15) is 44.3 Å². The molecule has 5 nitrogen and oxygen atoms in total. The Morgan fingerprint density at radius 3 is 2.29 bits per heavy atom. The van der Waals surface area contributed by atoms with Crippen molar-refractivity contribution < 1.29 is 4.79 Å². The maximum Gasteiger partial charge on any atom is 0.236 e. The van der Waals surface area contributed by atoms with Gasteiger partial charge < -0.3 is 4.90 Å². The first-order chi connectivity index (χ1) is 11.4. The summed E-state index contributed by atoms with van der Waals surface area (Å²) in [6.07, 6.45) is 2.34. The summed E-state index contributed by atoms with van der Waals surface area (Å²) < 4.78 is 0. The van der Waals surface area contributed by atoms with Gasteiger partial charge in [-0.25, -0.2) is 4.98 Å². The van der Waals surface area contributed by atoms with Crippen LogP contribution >= 0.6 is 11.3 Å². The lowest BCUT2D eigenvalue weighted by atomic mass is 9.93. The normalized spacial score (nSPS) is 20.7. The number of piperazine rings is 1. The molecule has 2 aliphatic heterocycles. The van der Waals surface area contributed by atoms with Crippen molar-refractivity contribution in [2.24, 2.45) is 0 Å². The first kappa shape index (κ1) is 17.8. The third kappa shape index (κ3) is 4.55. The molecule has 0 saturated carbocycles. The number of likely N-dealkylation sites (tertiary alicyclic amines) is 1. The molecule has 24 heavy (non-hydrogen) atoms. The van der Waals surface area contributed by atoms with Crippen molar-refractivity contribution in [1.29, 1.82) is 0 Å². The Balaban J connectivity index is 1.43. The van der Waals surface area contributed by atoms with Gasteiger partial charge in [0.1, 0.15) is 5.01 Å². The zero-order valence-corrected chi connectivity index (χ0v) is 16.1. The maximum absolute atomic E-state index is 12.2. The Morgan fingerprint density at radius 2 is 1.71 bits per heavy atom. The monoisotopic (exact) mass is 350 g/mol. The van der Waals surface area contributed by atoms with E-state index < -0.39 is 0 Å². The summed E-state index contributed by atoms with van der Waals surface area (Å²) >= 11 is 1.77. The predicted octanol–water partition coefficient (Wildman–Crippen LogP) is 2.18. The second-order valence-corrected chi connectivity index (χ2v) is 8.96. The molecule has 2 fully saturated rings. The summed E-state index contributed by atoms with van der Waals surface area (Å²) in [6.45, 7) is 14.1. The van der Waals surface area contributed by atoms with Crippen LogP contribution in [-0.2, 0) is 16.8 Å². The van der Waals surface area contributed by atoms with E-state index in [0.29, 0.717) is 12.5 Å². The third-order valence-electron chi connectivity index (χ3n) is 4.96. The zero-order valence-electron chi connectivity index (χ0n) is 15.3. The quantitative estimate of drug-likeness (QED) is 0.834. The highest BCUT2D eigenvalue weighted by Crippen LogP contribution is 2.24. The molecule has 1 aromatic rings. The number of amides is 1. The number of nitrogens with zero attached hydrogens (tertiary/aromatic N) is 4. The zero-order chi connectivity index (χ0) is 17.2. The largest absolute Gasteiger partial charge is 0.342 e. The minimum Gasteiger partial charge on any atom is -0.342 e. The molecule has 0 atom stereocenters. The molecular formula is C18H30N4OS. The molecule has 2 saturated heterocycles. The van der Waals surface area contributed by atoms with Crippen molar-refractivity contribution in [1.82, 2.24) is 19.7 Å². The lowest BCUT2D eigenvalue weighted by Crippen LogP contribution is -2.49. The fourth-order valence-corrected chi connectivity index (χ4v) is 4.34. The van der Waals surface area contributed by atoms with E-state index in [9.17, 15) is 4.79 Å². The SMILES string of the molecule is CC(C)(C)c1csc(CN2CCN(CC(=O)N3CCCC3)CC2)n1. The predicted molar refractivity (Wildman–Crippen MR) is 98.3 cm³/mol. The fraction of sp³-hybridized carbons (Fsp3) is 0.778. The molecule has 1 aromatic heterocycles. The van der Waals surface area contributed by atoms with Crippen LogP contribution in [0.3, 0.4) is 0 Å². The number of rotatable bonds is 4. The first-order valence-electron chi connectivity index (χ1n) is 9.09. The van der Waals surface area contributed by atoms with Gasteiger partial charge in [0.15, 0.2) is 0 Å². The highest BCUT2D eigenvalue weighted by Gasteiger charge is 2.24. The van der Waals surface area contributed by atoms with E-state index in [1.807, 2.05) is 4.90 Å². The van der Waals surface area contributed by atoms with Crippen molar-refractivity contribution in [3.63, 3.8) is 0 Å². The molecule has 0 aliphatic carbocycles. The van der Waals surface area contributed by atoms with Crippen molar-refractivity contribution in [3.8, 4) is 0 Å². The van der Waals surface area contributed by atoms with E-state index in [0.717, 1.165) is 45.8 Å². The van der Waals surface area contributed by atoms with E-state index in [4.69, 9.17) is 4.98 Å². The molecule has 0 unspecified atom stereocenters. The van der Waals surface area contributed by atoms with Crippen LogP contribution < -0.4 is 0 Å². The van der Waals surface area contributed by atoms with E-state index in [2.05, 4.69) is 36.0 Å². The molecule has 2 aliphatic rings. The standard InChI is InChI=1S/C18H30N4OS/c1-18(2,3)15-14-24-16(19-15)12-20-8-10-21(11-9-20)13-17(23)22-6-4-5-7-22/h14H,4-13H2,1-3H3. The summed E-state index contributed by atoms with van der Waals surface area (Å²) in [5.41, 5.74) is 1.32. The molecule has 0 bridgehead atoms. The molecule has 3 rings (SSSR count). The van der Waals surface area contributed by atoms with Gasteiger partial charge in [-0.3, -0.25) is 14.6 Å². The average Bonchev–Trinajstić information content (AvgIpc) is 3.19. The topological polar surface area (TPSA) is 39.7 Å². The summed E-state index contributed by atoms with van der Waals surface area (Å²) in [6, 6.07) is 0. The molecule has 134 valence electrons. The Labute approximate surface area is 149 Å². The molecule has 0 spiro atoms. The van der Waals surface area contributed by atoms with Crippen molar-refractivity contribution in [2.75, 3.05) is 45.8 Å². The highest BCUT2D eigenvalue weighted by molar-refractivity contribution is 7.09. The van der Waals surface area contributed by atoms with Gasteiger partial charge in [0.25, 0.3) is 0 Å². The van der Waals surface area contributed by atoms with Crippen LogP contribution in [-0.4, -0.2) is 71.4 Å². The molecule has 3 heterocycles. The Bertz CT molecular complexity index is 552. The average molecular weight is 351 g/mol. The number of carbonyl (C=O) groups is 1. The van der Waals surface area contributed by atoms with Crippen LogP contribution in [0.5, 0.6) is 0 Å². The molecule has 6 heteroatoms. The van der Waals surface area contributed by atoms with E-state index in [1.54, 1.807) is 11.3 Å². The van der Waals surface area contributed by atoms with E-state index in [1.165, 1.54) is 23.5 Å². The van der Waals surface area contributed by atoms with Crippen LogP contribution in [0.4, 0.5) is 0 Å². The van der Waals surface area contributed by atoms with Crippen molar-refractivity contribution >= 4 is 17.2 Å². The summed E-state index contributed by atoms with van der Waals surface area (Å²) in [5, 5.41) is 3.40. The van der Waals surface area contributed by atoms with Gasteiger partial charge in [0.2, 0.25) is 5.91 Å². The Kier molecular flexibility index (Phi) is 5.57. The minimum absolute atomic E-state index is 0.128.